The molecule has 2 aromatic rings. The number of ether oxygens (including phenoxy) is 3. The van der Waals surface area contributed by atoms with Crippen molar-refractivity contribution in [2.45, 2.75) is 19.8 Å². The van der Waals surface area contributed by atoms with Crippen molar-refractivity contribution in [3.8, 4) is 11.5 Å². The molecule has 0 amide bonds. The summed E-state index contributed by atoms with van der Waals surface area (Å²) in [5, 5.41) is 1.57. The SMILES string of the molecule is CCOC(=O)c1cncc2cc(OC)c(OCCN3CCCC3)cc12. The number of fused-ring (bicyclic) bond motifs is 1. The zero-order valence-electron chi connectivity index (χ0n) is 14.8. The van der Waals surface area contributed by atoms with Gasteiger partial charge in [-0.1, -0.05) is 0 Å². The molecule has 1 aliphatic heterocycles. The Morgan fingerprint density at radius 2 is 2.00 bits per heavy atom. The quantitative estimate of drug-likeness (QED) is 0.720. The highest BCUT2D eigenvalue weighted by Gasteiger charge is 2.16. The van der Waals surface area contributed by atoms with Crippen molar-refractivity contribution < 1.29 is 19.0 Å². The van der Waals surface area contributed by atoms with Crippen molar-refractivity contribution in [1.82, 2.24) is 9.88 Å². The van der Waals surface area contributed by atoms with Gasteiger partial charge >= 0.3 is 5.97 Å². The second-order valence-corrected chi connectivity index (χ2v) is 6.03. The van der Waals surface area contributed by atoms with Gasteiger partial charge in [-0.15, -0.1) is 0 Å². The highest BCUT2D eigenvalue weighted by Crippen LogP contribution is 2.33. The highest BCUT2D eigenvalue weighted by atomic mass is 16.5. The van der Waals surface area contributed by atoms with E-state index in [0.29, 0.717) is 30.3 Å². The molecule has 0 atom stereocenters. The number of esters is 1. The number of carbonyl (C=O) groups is 1. The maximum Gasteiger partial charge on any atom is 0.340 e. The number of carbonyl (C=O) groups excluding carboxylic acids is 1. The van der Waals surface area contributed by atoms with Crippen molar-refractivity contribution >= 4 is 16.7 Å². The molecule has 1 aliphatic rings. The summed E-state index contributed by atoms with van der Waals surface area (Å²) >= 11 is 0. The molecule has 0 bridgehead atoms. The Balaban J connectivity index is 1.85. The Hall–Kier alpha value is -2.34. The van der Waals surface area contributed by atoms with Crippen LogP contribution in [0.3, 0.4) is 0 Å². The summed E-state index contributed by atoms with van der Waals surface area (Å²) in [6.07, 6.45) is 5.75. The lowest BCUT2D eigenvalue weighted by Crippen LogP contribution is -2.25. The molecule has 0 saturated carbocycles. The molecule has 25 heavy (non-hydrogen) atoms. The van der Waals surface area contributed by atoms with Crippen LogP contribution in [-0.2, 0) is 4.74 Å². The number of benzene rings is 1. The molecule has 2 heterocycles. The Kier molecular flexibility index (Phi) is 5.71. The standard InChI is InChI=1S/C19H24N2O4/c1-3-24-19(22)16-13-20-12-14-10-17(23-2)18(11-15(14)16)25-9-8-21-6-4-5-7-21/h10-13H,3-9H2,1-2H3. The predicted octanol–water partition coefficient (Wildman–Crippen LogP) is 2.89. The van der Waals surface area contributed by atoms with E-state index in [1.54, 1.807) is 20.2 Å². The first-order valence-corrected chi connectivity index (χ1v) is 8.71. The molecule has 0 N–H and O–H groups in total. The van der Waals surface area contributed by atoms with Crippen molar-refractivity contribution in [2.24, 2.45) is 0 Å². The summed E-state index contributed by atoms with van der Waals surface area (Å²) in [5.41, 5.74) is 0.436. The highest BCUT2D eigenvalue weighted by molar-refractivity contribution is 6.04. The number of aromatic nitrogens is 1. The van der Waals surface area contributed by atoms with Gasteiger partial charge in [0.1, 0.15) is 6.61 Å². The molecule has 1 saturated heterocycles. The molecule has 6 nitrogen and oxygen atoms in total. The van der Waals surface area contributed by atoms with Crippen molar-refractivity contribution in [1.29, 1.82) is 0 Å². The third kappa shape index (κ3) is 4.02. The van der Waals surface area contributed by atoms with Gasteiger partial charge in [0.25, 0.3) is 0 Å². The fraction of sp³-hybridized carbons (Fsp3) is 0.474. The summed E-state index contributed by atoms with van der Waals surface area (Å²) in [5.74, 6) is 0.886. The third-order valence-corrected chi connectivity index (χ3v) is 4.40. The monoisotopic (exact) mass is 344 g/mol. The first-order valence-electron chi connectivity index (χ1n) is 8.71. The maximum absolute atomic E-state index is 12.2. The third-order valence-electron chi connectivity index (χ3n) is 4.40. The summed E-state index contributed by atoms with van der Waals surface area (Å²) in [4.78, 5) is 18.7. The van der Waals surface area contributed by atoms with Crippen LogP contribution >= 0.6 is 0 Å². The summed E-state index contributed by atoms with van der Waals surface area (Å²) < 4.78 is 16.5. The number of rotatable bonds is 7. The molecule has 1 aromatic heterocycles. The zero-order chi connectivity index (χ0) is 17.6. The van der Waals surface area contributed by atoms with E-state index in [0.717, 1.165) is 30.4 Å². The van der Waals surface area contributed by atoms with Crippen LogP contribution in [0.15, 0.2) is 24.5 Å². The van der Waals surface area contributed by atoms with Crippen LogP contribution in [0.5, 0.6) is 11.5 Å². The van der Waals surface area contributed by atoms with Gasteiger partial charge in [0.05, 0.1) is 19.3 Å². The fourth-order valence-electron chi connectivity index (χ4n) is 3.11. The number of methoxy groups -OCH3 is 1. The Morgan fingerprint density at radius 1 is 1.20 bits per heavy atom. The molecule has 1 fully saturated rings. The van der Waals surface area contributed by atoms with E-state index >= 15 is 0 Å². The van der Waals surface area contributed by atoms with Gasteiger partial charge in [0.15, 0.2) is 11.5 Å². The lowest BCUT2D eigenvalue weighted by atomic mass is 10.1. The molecule has 134 valence electrons. The summed E-state index contributed by atoms with van der Waals surface area (Å²) in [6, 6.07) is 3.68. The second-order valence-electron chi connectivity index (χ2n) is 6.03. The molecule has 0 aliphatic carbocycles. The molecule has 0 unspecified atom stereocenters. The van der Waals surface area contributed by atoms with Crippen molar-refractivity contribution in [2.75, 3.05) is 40.0 Å². The molecule has 1 aromatic carbocycles. The predicted molar refractivity (Wildman–Crippen MR) is 95.4 cm³/mol. The fourth-order valence-corrected chi connectivity index (χ4v) is 3.11. The molecule has 0 spiro atoms. The molecular formula is C19H24N2O4. The zero-order valence-corrected chi connectivity index (χ0v) is 14.8. The van der Waals surface area contributed by atoms with E-state index in [9.17, 15) is 4.79 Å². The average Bonchev–Trinajstić information content (AvgIpc) is 3.14. The smallest absolute Gasteiger partial charge is 0.340 e. The van der Waals surface area contributed by atoms with Gasteiger partial charge in [-0.25, -0.2) is 4.79 Å². The first-order chi connectivity index (χ1) is 12.2. The normalized spacial score (nSPS) is 14.6. The average molecular weight is 344 g/mol. The van der Waals surface area contributed by atoms with Crippen LogP contribution in [0.25, 0.3) is 10.8 Å². The van der Waals surface area contributed by atoms with Crippen LogP contribution in [0.2, 0.25) is 0 Å². The Morgan fingerprint density at radius 3 is 2.72 bits per heavy atom. The minimum absolute atomic E-state index is 0.324. The largest absolute Gasteiger partial charge is 0.493 e. The van der Waals surface area contributed by atoms with Gasteiger partial charge in [-0.2, -0.15) is 0 Å². The van der Waals surface area contributed by atoms with E-state index in [1.165, 1.54) is 19.0 Å². The van der Waals surface area contributed by atoms with Crippen molar-refractivity contribution in [3.05, 3.63) is 30.1 Å². The number of likely N-dealkylation sites (tertiary alicyclic amines) is 1. The van der Waals surface area contributed by atoms with Gasteiger partial charge < -0.3 is 14.2 Å². The molecule has 3 rings (SSSR count). The molecular weight excluding hydrogens is 320 g/mol. The lowest BCUT2D eigenvalue weighted by Gasteiger charge is -2.17. The lowest BCUT2D eigenvalue weighted by molar-refractivity contribution is 0.0528. The van der Waals surface area contributed by atoms with Gasteiger partial charge in [0.2, 0.25) is 0 Å². The van der Waals surface area contributed by atoms with Gasteiger partial charge in [-0.3, -0.25) is 9.88 Å². The van der Waals surface area contributed by atoms with Crippen LogP contribution < -0.4 is 9.47 Å². The minimum Gasteiger partial charge on any atom is -0.493 e. The number of hydrogen-bond donors (Lipinski definition) is 0. The topological polar surface area (TPSA) is 60.9 Å². The number of hydrogen-bond acceptors (Lipinski definition) is 6. The summed E-state index contributed by atoms with van der Waals surface area (Å²) in [6.45, 7) is 5.86. The molecule has 6 heteroatoms. The first kappa shape index (κ1) is 17.5. The summed E-state index contributed by atoms with van der Waals surface area (Å²) in [7, 11) is 1.61. The van der Waals surface area contributed by atoms with Gasteiger partial charge in [0, 0.05) is 29.7 Å². The van der Waals surface area contributed by atoms with Crippen LogP contribution in [-0.4, -0.2) is 55.8 Å². The van der Waals surface area contributed by atoms with Crippen LogP contribution in [0.1, 0.15) is 30.1 Å². The van der Waals surface area contributed by atoms with E-state index in [4.69, 9.17) is 14.2 Å². The maximum atomic E-state index is 12.2. The van der Waals surface area contributed by atoms with E-state index in [-0.39, 0.29) is 5.97 Å². The second kappa shape index (κ2) is 8.16. The Bertz CT molecular complexity index is 742. The van der Waals surface area contributed by atoms with Crippen molar-refractivity contribution in [3.63, 3.8) is 0 Å². The van der Waals surface area contributed by atoms with E-state index < -0.39 is 0 Å². The van der Waals surface area contributed by atoms with Gasteiger partial charge in [-0.05, 0) is 45.0 Å². The van der Waals surface area contributed by atoms with E-state index in [1.807, 2.05) is 12.1 Å². The van der Waals surface area contributed by atoms with Crippen LogP contribution in [0, 0.1) is 0 Å². The minimum atomic E-state index is -0.381. The number of pyridine rings is 1. The number of nitrogens with zero attached hydrogens (tertiary/aromatic N) is 2. The Labute approximate surface area is 147 Å². The van der Waals surface area contributed by atoms with E-state index in [2.05, 4.69) is 9.88 Å². The molecule has 0 radical (unpaired) electrons. The van der Waals surface area contributed by atoms with Crippen LogP contribution in [0.4, 0.5) is 0 Å².